The SMILES string of the molecule is COC(=O)[C@@](C)(O)c1c(F)cc2c(ccc3c(Br)cccc32)c1F. The molecule has 0 saturated heterocycles. The summed E-state index contributed by atoms with van der Waals surface area (Å²) in [5, 5.41) is 12.2. The molecular formula is C18H13BrF2O3. The molecule has 0 aromatic heterocycles. The standard InChI is InChI=1S/C18H13BrF2O3/c1-18(23,17(22)24-2)15-14(20)8-12-9-4-3-5-13(19)10(9)6-7-11(12)16(15)21/h3-8,23H,1-2H3/t18-/m0/s1. The molecule has 3 aromatic carbocycles. The van der Waals surface area contributed by atoms with Crippen molar-refractivity contribution < 1.29 is 23.4 Å². The van der Waals surface area contributed by atoms with Crippen LogP contribution in [-0.4, -0.2) is 18.2 Å². The van der Waals surface area contributed by atoms with Crippen LogP contribution >= 0.6 is 15.9 Å². The minimum atomic E-state index is -2.43. The second kappa shape index (κ2) is 5.79. The molecule has 0 fully saturated rings. The Morgan fingerprint density at radius 2 is 1.79 bits per heavy atom. The van der Waals surface area contributed by atoms with Gasteiger partial charge in [-0.1, -0.05) is 40.2 Å². The van der Waals surface area contributed by atoms with Crippen molar-refractivity contribution in [1.29, 1.82) is 0 Å². The fourth-order valence-corrected chi connectivity index (χ4v) is 3.37. The van der Waals surface area contributed by atoms with E-state index >= 15 is 0 Å². The maximum absolute atomic E-state index is 14.9. The van der Waals surface area contributed by atoms with Crippen LogP contribution in [0.5, 0.6) is 0 Å². The lowest BCUT2D eigenvalue weighted by Gasteiger charge is -2.23. The van der Waals surface area contributed by atoms with Gasteiger partial charge < -0.3 is 9.84 Å². The molecular weight excluding hydrogens is 382 g/mol. The number of benzene rings is 3. The summed E-state index contributed by atoms with van der Waals surface area (Å²) < 4.78 is 34.8. The number of aliphatic hydroxyl groups is 1. The lowest BCUT2D eigenvalue weighted by molar-refractivity contribution is -0.162. The Hall–Kier alpha value is -2.05. The van der Waals surface area contributed by atoms with Crippen molar-refractivity contribution >= 4 is 43.4 Å². The third kappa shape index (κ3) is 2.37. The molecule has 3 rings (SSSR count). The monoisotopic (exact) mass is 394 g/mol. The number of hydrogen-bond donors (Lipinski definition) is 1. The van der Waals surface area contributed by atoms with E-state index in [0.29, 0.717) is 10.8 Å². The van der Waals surface area contributed by atoms with Gasteiger partial charge in [0.1, 0.15) is 11.6 Å². The summed E-state index contributed by atoms with van der Waals surface area (Å²) in [5.74, 6) is -3.13. The number of carbonyl (C=O) groups is 1. The van der Waals surface area contributed by atoms with E-state index in [0.717, 1.165) is 30.0 Å². The summed E-state index contributed by atoms with van der Waals surface area (Å²) in [5.41, 5.74) is -3.15. The predicted octanol–water partition coefficient (Wildman–Crippen LogP) is 4.41. The molecule has 0 amide bonds. The summed E-state index contributed by atoms with van der Waals surface area (Å²) in [4.78, 5) is 11.7. The highest BCUT2D eigenvalue weighted by Gasteiger charge is 2.39. The highest BCUT2D eigenvalue weighted by molar-refractivity contribution is 9.10. The fourth-order valence-electron chi connectivity index (χ4n) is 2.88. The van der Waals surface area contributed by atoms with Crippen molar-refractivity contribution in [3.05, 3.63) is 58.1 Å². The van der Waals surface area contributed by atoms with Gasteiger partial charge in [-0.2, -0.15) is 0 Å². The fraction of sp³-hybridized carbons (Fsp3) is 0.167. The molecule has 0 radical (unpaired) electrons. The normalized spacial score (nSPS) is 13.9. The Balaban J connectivity index is 2.41. The largest absolute Gasteiger partial charge is 0.467 e. The van der Waals surface area contributed by atoms with E-state index in [-0.39, 0.29) is 5.39 Å². The van der Waals surface area contributed by atoms with E-state index in [9.17, 15) is 18.7 Å². The van der Waals surface area contributed by atoms with E-state index in [1.807, 2.05) is 6.07 Å². The van der Waals surface area contributed by atoms with Crippen LogP contribution in [0, 0.1) is 11.6 Å². The number of esters is 1. The number of carbonyl (C=O) groups excluding carboxylic acids is 1. The number of ether oxygens (including phenoxy) is 1. The first-order valence-corrected chi connectivity index (χ1v) is 7.88. The third-order valence-corrected chi connectivity index (χ3v) is 4.78. The van der Waals surface area contributed by atoms with Gasteiger partial charge in [0.15, 0.2) is 5.60 Å². The summed E-state index contributed by atoms with van der Waals surface area (Å²) in [6.07, 6.45) is 0. The average molecular weight is 395 g/mol. The smallest absolute Gasteiger partial charge is 0.342 e. The molecule has 1 N–H and O–H groups in total. The van der Waals surface area contributed by atoms with Crippen LogP contribution in [0.1, 0.15) is 12.5 Å². The van der Waals surface area contributed by atoms with Gasteiger partial charge in [0.05, 0.1) is 12.7 Å². The highest BCUT2D eigenvalue weighted by atomic mass is 79.9. The van der Waals surface area contributed by atoms with Crippen molar-refractivity contribution in [2.24, 2.45) is 0 Å². The highest BCUT2D eigenvalue weighted by Crippen LogP contribution is 2.37. The molecule has 0 heterocycles. The average Bonchev–Trinajstić information content (AvgIpc) is 2.54. The van der Waals surface area contributed by atoms with Crippen molar-refractivity contribution in [3.63, 3.8) is 0 Å². The van der Waals surface area contributed by atoms with Gasteiger partial charge in [-0.05, 0) is 35.2 Å². The molecule has 1 atom stereocenters. The van der Waals surface area contributed by atoms with E-state index in [4.69, 9.17) is 0 Å². The van der Waals surface area contributed by atoms with Gasteiger partial charge in [-0.25, -0.2) is 13.6 Å². The molecule has 0 spiro atoms. The Labute approximate surface area is 145 Å². The zero-order valence-corrected chi connectivity index (χ0v) is 14.4. The maximum Gasteiger partial charge on any atom is 0.342 e. The van der Waals surface area contributed by atoms with Crippen LogP contribution in [0.25, 0.3) is 21.5 Å². The number of methoxy groups -OCH3 is 1. The van der Waals surface area contributed by atoms with Crippen LogP contribution in [0.15, 0.2) is 40.9 Å². The van der Waals surface area contributed by atoms with Crippen LogP contribution in [0.4, 0.5) is 8.78 Å². The minimum absolute atomic E-state index is 0.112. The zero-order chi connectivity index (χ0) is 17.6. The number of fused-ring (bicyclic) bond motifs is 3. The summed E-state index contributed by atoms with van der Waals surface area (Å²) in [6, 6.07) is 9.66. The zero-order valence-electron chi connectivity index (χ0n) is 12.9. The molecule has 0 unspecified atom stereocenters. The molecule has 0 saturated carbocycles. The quantitative estimate of drug-likeness (QED) is 0.517. The molecule has 0 bridgehead atoms. The Bertz CT molecular complexity index is 983. The maximum atomic E-state index is 14.9. The van der Waals surface area contributed by atoms with Crippen LogP contribution in [0.2, 0.25) is 0 Å². The minimum Gasteiger partial charge on any atom is -0.467 e. The van der Waals surface area contributed by atoms with Crippen molar-refractivity contribution in [2.45, 2.75) is 12.5 Å². The second-order valence-electron chi connectivity index (χ2n) is 5.61. The van der Waals surface area contributed by atoms with Crippen LogP contribution in [0.3, 0.4) is 0 Å². The van der Waals surface area contributed by atoms with Gasteiger partial charge in [-0.15, -0.1) is 0 Å². The first kappa shape index (κ1) is 16.8. The van der Waals surface area contributed by atoms with Gasteiger partial charge in [-0.3, -0.25) is 0 Å². The number of rotatable bonds is 2. The molecule has 3 nitrogen and oxygen atoms in total. The first-order valence-electron chi connectivity index (χ1n) is 7.09. The predicted molar refractivity (Wildman–Crippen MR) is 90.7 cm³/mol. The van der Waals surface area contributed by atoms with Gasteiger partial charge in [0, 0.05) is 9.86 Å². The lowest BCUT2D eigenvalue weighted by atomic mass is 9.90. The van der Waals surface area contributed by atoms with Gasteiger partial charge in [0.25, 0.3) is 0 Å². The Morgan fingerprint density at radius 1 is 1.12 bits per heavy atom. The topological polar surface area (TPSA) is 46.5 Å². The summed E-state index contributed by atoms with van der Waals surface area (Å²) >= 11 is 3.41. The van der Waals surface area contributed by atoms with Crippen molar-refractivity contribution in [1.82, 2.24) is 0 Å². The number of halogens is 3. The van der Waals surface area contributed by atoms with Crippen LogP contribution in [-0.2, 0) is 15.1 Å². The lowest BCUT2D eigenvalue weighted by Crippen LogP contribution is -2.35. The first-order chi connectivity index (χ1) is 11.3. The van der Waals surface area contributed by atoms with Crippen LogP contribution < -0.4 is 0 Å². The van der Waals surface area contributed by atoms with E-state index < -0.39 is 28.8 Å². The van der Waals surface area contributed by atoms with E-state index in [2.05, 4.69) is 20.7 Å². The third-order valence-electron chi connectivity index (χ3n) is 4.09. The molecule has 24 heavy (non-hydrogen) atoms. The molecule has 0 aliphatic carbocycles. The van der Waals surface area contributed by atoms with E-state index in [1.165, 1.54) is 6.07 Å². The Kier molecular flexibility index (Phi) is 4.05. The van der Waals surface area contributed by atoms with Crippen molar-refractivity contribution in [3.8, 4) is 0 Å². The molecule has 6 heteroatoms. The summed E-state index contributed by atoms with van der Waals surface area (Å²) in [6.45, 7) is 1.00. The molecule has 0 aliphatic heterocycles. The second-order valence-corrected chi connectivity index (χ2v) is 6.46. The van der Waals surface area contributed by atoms with Crippen molar-refractivity contribution in [2.75, 3.05) is 7.11 Å². The molecule has 3 aromatic rings. The van der Waals surface area contributed by atoms with Gasteiger partial charge in [0.2, 0.25) is 0 Å². The van der Waals surface area contributed by atoms with E-state index in [1.54, 1.807) is 18.2 Å². The van der Waals surface area contributed by atoms with Gasteiger partial charge >= 0.3 is 5.97 Å². The number of hydrogen-bond acceptors (Lipinski definition) is 3. The molecule has 124 valence electrons. The molecule has 0 aliphatic rings. The summed E-state index contributed by atoms with van der Waals surface area (Å²) in [7, 11) is 1.04. The Morgan fingerprint density at radius 3 is 2.46 bits per heavy atom.